The molecule has 0 aliphatic carbocycles. The third-order valence-electron chi connectivity index (χ3n) is 2.53. The molecule has 1 unspecified atom stereocenters. The van der Waals surface area contributed by atoms with Gasteiger partial charge in [0.05, 0.1) is 12.3 Å². The van der Waals surface area contributed by atoms with Crippen molar-refractivity contribution in [2.24, 2.45) is 0 Å². The highest BCUT2D eigenvalue weighted by Gasteiger charge is 2.27. The van der Waals surface area contributed by atoms with E-state index in [9.17, 15) is 4.57 Å². The maximum Gasteiger partial charge on any atom is 0.441 e. The Bertz CT molecular complexity index is 603. The summed E-state index contributed by atoms with van der Waals surface area (Å²) in [6.45, 7) is 0.963. The molecule has 0 aliphatic rings. The Kier molecular flexibility index (Phi) is 5.91. The van der Waals surface area contributed by atoms with Crippen LogP contribution in [0.4, 0.5) is 0 Å². The molecule has 1 aromatic carbocycles. The smallest absolute Gasteiger partial charge is 0.397 e. The molecular formula is C14H19N2O3PS. The van der Waals surface area contributed by atoms with Gasteiger partial charge in [-0.05, 0) is 36.9 Å². The summed E-state index contributed by atoms with van der Waals surface area (Å²) in [7, 11) is 0. The predicted molar refractivity (Wildman–Crippen MR) is 86.2 cm³/mol. The van der Waals surface area contributed by atoms with Crippen LogP contribution in [-0.4, -0.2) is 22.1 Å². The Morgan fingerprint density at radius 2 is 2.00 bits per heavy atom. The third kappa shape index (κ3) is 4.63. The van der Waals surface area contributed by atoms with Crippen LogP contribution in [0.5, 0.6) is 5.88 Å². The Balaban J connectivity index is 2.11. The monoisotopic (exact) mass is 326 g/mol. The van der Waals surface area contributed by atoms with Crippen LogP contribution in [0.2, 0.25) is 0 Å². The summed E-state index contributed by atoms with van der Waals surface area (Å²) in [6, 6.07) is 11.4. The number of para-hydroxylation sites is 1. The van der Waals surface area contributed by atoms with Gasteiger partial charge in [-0.25, -0.2) is 9.25 Å². The van der Waals surface area contributed by atoms with Gasteiger partial charge >= 0.3 is 6.80 Å². The molecule has 0 amide bonds. The number of hydrogen-bond acceptors (Lipinski definition) is 5. The van der Waals surface area contributed by atoms with Crippen LogP contribution in [0.25, 0.3) is 5.69 Å². The minimum absolute atomic E-state index is 0.305. The second-order valence-corrected chi connectivity index (χ2v) is 8.34. The fourth-order valence-corrected chi connectivity index (χ4v) is 5.02. The molecule has 0 fully saturated rings. The Morgan fingerprint density at radius 3 is 2.67 bits per heavy atom. The Morgan fingerprint density at radius 1 is 1.24 bits per heavy atom. The van der Waals surface area contributed by atoms with E-state index in [0.717, 1.165) is 17.9 Å². The second kappa shape index (κ2) is 7.69. The van der Waals surface area contributed by atoms with Crippen LogP contribution < -0.4 is 4.52 Å². The van der Waals surface area contributed by atoms with Gasteiger partial charge in [-0.2, -0.15) is 0 Å². The van der Waals surface area contributed by atoms with Gasteiger partial charge in [-0.3, -0.25) is 4.52 Å². The summed E-state index contributed by atoms with van der Waals surface area (Å²) < 4.78 is 25.0. The first-order valence-electron chi connectivity index (χ1n) is 6.86. The van der Waals surface area contributed by atoms with Crippen LogP contribution >= 0.6 is 18.2 Å². The molecule has 5 nitrogen and oxygen atoms in total. The zero-order chi connectivity index (χ0) is 15.1. The van der Waals surface area contributed by atoms with Crippen molar-refractivity contribution < 1.29 is 13.6 Å². The molecule has 21 heavy (non-hydrogen) atoms. The molecule has 1 heterocycles. The van der Waals surface area contributed by atoms with Gasteiger partial charge in [0.15, 0.2) is 0 Å². The molecular weight excluding hydrogens is 307 g/mol. The maximum absolute atomic E-state index is 12.6. The standard InChI is InChI=1S/C14H19N2O3PS/c1-3-12-21-20(17,18-4-2)19-14-10-11-16(15-14)13-8-6-5-7-9-13/h5-11H,3-4,12H2,1-2H3. The molecule has 2 aromatic rings. The molecule has 0 spiro atoms. The van der Waals surface area contributed by atoms with E-state index < -0.39 is 6.80 Å². The largest absolute Gasteiger partial charge is 0.441 e. The highest BCUT2D eigenvalue weighted by molar-refractivity contribution is 8.55. The topological polar surface area (TPSA) is 53.4 Å². The van der Waals surface area contributed by atoms with E-state index >= 15 is 0 Å². The first-order chi connectivity index (χ1) is 10.2. The molecule has 0 bridgehead atoms. The van der Waals surface area contributed by atoms with Gasteiger partial charge < -0.3 is 4.52 Å². The predicted octanol–water partition coefficient (Wildman–Crippen LogP) is 4.54. The van der Waals surface area contributed by atoms with Crippen LogP contribution in [0.3, 0.4) is 0 Å². The number of aromatic nitrogens is 2. The minimum atomic E-state index is -3.20. The molecule has 0 saturated heterocycles. The number of benzene rings is 1. The molecule has 0 radical (unpaired) electrons. The average molecular weight is 326 g/mol. The highest BCUT2D eigenvalue weighted by atomic mass is 32.7. The molecule has 114 valence electrons. The van der Waals surface area contributed by atoms with E-state index in [1.165, 1.54) is 11.4 Å². The van der Waals surface area contributed by atoms with Crippen molar-refractivity contribution in [3.05, 3.63) is 42.6 Å². The summed E-state index contributed by atoms with van der Waals surface area (Å²) in [5.41, 5.74) is 0.916. The number of hydrogen-bond donors (Lipinski definition) is 0. The second-order valence-electron chi connectivity index (χ2n) is 4.22. The van der Waals surface area contributed by atoms with Gasteiger partial charge in [-0.15, -0.1) is 5.10 Å². The third-order valence-corrected chi connectivity index (χ3v) is 6.46. The number of nitrogens with zero attached hydrogens (tertiary/aromatic N) is 2. The first kappa shape index (κ1) is 16.1. The van der Waals surface area contributed by atoms with Crippen LogP contribution in [0.1, 0.15) is 20.3 Å². The zero-order valence-electron chi connectivity index (χ0n) is 12.1. The first-order valence-corrected chi connectivity index (χ1v) is 10.00. The average Bonchev–Trinajstić information content (AvgIpc) is 2.94. The lowest BCUT2D eigenvalue weighted by Gasteiger charge is -2.15. The van der Waals surface area contributed by atoms with Crippen LogP contribution in [0, 0.1) is 0 Å². The molecule has 0 saturated carbocycles. The Hall–Kier alpha value is -1.23. The van der Waals surface area contributed by atoms with Crippen LogP contribution in [0.15, 0.2) is 42.6 Å². The number of rotatable bonds is 8. The minimum Gasteiger partial charge on any atom is -0.397 e. The van der Waals surface area contributed by atoms with Crippen molar-refractivity contribution in [2.75, 3.05) is 12.4 Å². The van der Waals surface area contributed by atoms with E-state index in [-0.39, 0.29) is 0 Å². The summed E-state index contributed by atoms with van der Waals surface area (Å²) in [6.07, 6.45) is 2.68. The molecule has 0 aliphatic heterocycles. The van der Waals surface area contributed by atoms with Gasteiger partial charge in [0.25, 0.3) is 0 Å². The summed E-state index contributed by atoms with van der Waals surface area (Å²) in [4.78, 5) is 0. The maximum atomic E-state index is 12.6. The van der Waals surface area contributed by atoms with Crippen molar-refractivity contribution in [3.63, 3.8) is 0 Å². The molecule has 2 rings (SSSR count). The summed E-state index contributed by atoms with van der Waals surface area (Å²) in [5, 5.41) is 4.28. The van der Waals surface area contributed by atoms with Gasteiger partial charge in [0.1, 0.15) is 0 Å². The van der Waals surface area contributed by atoms with Crippen molar-refractivity contribution >= 4 is 18.2 Å². The summed E-state index contributed by atoms with van der Waals surface area (Å²) >= 11 is 1.21. The molecule has 1 aromatic heterocycles. The highest BCUT2D eigenvalue weighted by Crippen LogP contribution is 2.59. The van der Waals surface area contributed by atoms with Crippen molar-refractivity contribution in [1.29, 1.82) is 0 Å². The Labute approximate surface area is 128 Å². The normalized spacial score (nSPS) is 13.8. The molecule has 0 N–H and O–H groups in total. The van der Waals surface area contributed by atoms with E-state index in [1.807, 2.05) is 37.3 Å². The van der Waals surface area contributed by atoms with Gasteiger partial charge in [0, 0.05) is 18.0 Å². The molecule has 1 atom stereocenters. The van der Waals surface area contributed by atoms with Crippen molar-refractivity contribution in [2.45, 2.75) is 20.3 Å². The van der Waals surface area contributed by atoms with Crippen LogP contribution in [-0.2, 0) is 9.09 Å². The fraction of sp³-hybridized carbons (Fsp3) is 0.357. The molecule has 7 heteroatoms. The fourth-order valence-electron chi connectivity index (χ4n) is 1.65. The summed E-state index contributed by atoms with van der Waals surface area (Å²) in [5.74, 6) is 1.02. The van der Waals surface area contributed by atoms with E-state index in [2.05, 4.69) is 5.10 Å². The van der Waals surface area contributed by atoms with E-state index in [4.69, 9.17) is 9.05 Å². The lowest BCUT2D eigenvalue weighted by atomic mass is 10.3. The zero-order valence-corrected chi connectivity index (χ0v) is 13.8. The lowest BCUT2D eigenvalue weighted by Crippen LogP contribution is -1.98. The van der Waals surface area contributed by atoms with E-state index in [1.54, 1.807) is 23.9 Å². The van der Waals surface area contributed by atoms with Gasteiger partial charge in [-0.1, -0.05) is 25.1 Å². The quantitative estimate of drug-likeness (QED) is 0.667. The van der Waals surface area contributed by atoms with Gasteiger partial charge in [0.2, 0.25) is 5.88 Å². The van der Waals surface area contributed by atoms with Crippen molar-refractivity contribution in [3.8, 4) is 11.6 Å². The SMILES string of the molecule is CCCSP(=O)(OCC)Oc1ccn(-c2ccccc2)n1. The van der Waals surface area contributed by atoms with Crippen molar-refractivity contribution in [1.82, 2.24) is 9.78 Å². The lowest BCUT2D eigenvalue weighted by molar-refractivity contribution is 0.293. The van der Waals surface area contributed by atoms with E-state index in [0.29, 0.717) is 12.5 Å².